The highest BCUT2D eigenvalue weighted by Crippen LogP contribution is 2.30. The van der Waals surface area contributed by atoms with Gasteiger partial charge >= 0.3 is 0 Å². The summed E-state index contributed by atoms with van der Waals surface area (Å²) in [4.78, 5) is 2.66. The second-order valence-electron chi connectivity index (χ2n) is 5.56. The van der Waals surface area contributed by atoms with Gasteiger partial charge in [-0.05, 0) is 62.4 Å². The normalized spacial score (nSPS) is 22.4. The number of nitrogens with zero attached hydrogens (tertiary/aromatic N) is 1. The quantitative estimate of drug-likeness (QED) is 0.888. The number of hydrogen-bond acceptors (Lipinski definition) is 2. The maximum Gasteiger partial charge on any atom is 0.0345 e. The highest BCUT2D eigenvalue weighted by molar-refractivity contribution is 9.10. The molecule has 0 amide bonds. The summed E-state index contributed by atoms with van der Waals surface area (Å²) in [6.45, 7) is 5.56. The maximum absolute atomic E-state index is 5.72. The van der Waals surface area contributed by atoms with Gasteiger partial charge in [-0.1, -0.05) is 35.0 Å². The van der Waals surface area contributed by atoms with Crippen molar-refractivity contribution >= 4 is 15.9 Å². The minimum atomic E-state index is 0.564. The molecule has 1 aliphatic heterocycles. The molecule has 0 radical (unpaired) electrons. The molecule has 1 aromatic rings. The van der Waals surface area contributed by atoms with Crippen LogP contribution in [0, 0.1) is 5.92 Å². The first-order valence-corrected chi connectivity index (χ1v) is 8.23. The molecule has 2 rings (SSSR count). The van der Waals surface area contributed by atoms with E-state index in [-0.39, 0.29) is 0 Å². The van der Waals surface area contributed by atoms with Crippen LogP contribution in [0.4, 0.5) is 0 Å². The predicted molar refractivity (Wildman–Crippen MR) is 85.1 cm³/mol. The van der Waals surface area contributed by atoms with Crippen molar-refractivity contribution in [3.63, 3.8) is 0 Å². The number of rotatable bonds is 5. The van der Waals surface area contributed by atoms with Gasteiger partial charge in [0.1, 0.15) is 0 Å². The molecule has 2 nitrogen and oxygen atoms in total. The molecule has 1 aromatic carbocycles. The topological polar surface area (TPSA) is 29.3 Å². The Morgan fingerprint density at radius 1 is 1.37 bits per heavy atom. The number of piperidine rings is 1. The van der Waals surface area contributed by atoms with Crippen LogP contribution in [0.5, 0.6) is 0 Å². The lowest BCUT2D eigenvalue weighted by molar-refractivity contribution is 0.117. The van der Waals surface area contributed by atoms with E-state index in [2.05, 4.69) is 52.0 Å². The van der Waals surface area contributed by atoms with E-state index in [1.165, 1.54) is 44.3 Å². The fraction of sp³-hybridized carbons (Fsp3) is 0.625. The lowest BCUT2D eigenvalue weighted by Crippen LogP contribution is -2.38. The van der Waals surface area contributed by atoms with Crippen LogP contribution in [0.2, 0.25) is 0 Å². The number of benzene rings is 1. The van der Waals surface area contributed by atoms with Gasteiger partial charge in [0.15, 0.2) is 0 Å². The molecule has 1 heterocycles. The second-order valence-corrected chi connectivity index (χ2v) is 6.47. The number of likely N-dealkylation sites (tertiary alicyclic amines) is 1. The van der Waals surface area contributed by atoms with E-state index >= 15 is 0 Å². The summed E-state index contributed by atoms with van der Waals surface area (Å²) in [6, 6.07) is 9.38. The summed E-state index contributed by atoms with van der Waals surface area (Å²) in [6.07, 6.45) is 5.02. The summed E-state index contributed by atoms with van der Waals surface area (Å²) in [5.74, 6) is 0.795. The average Bonchev–Trinajstić information content (AvgIpc) is 2.43. The molecule has 0 aromatic heterocycles. The largest absolute Gasteiger partial charge is 0.330 e. The van der Waals surface area contributed by atoms with Crippen molar-refractivity contribution in [3.8, 4) is 0 Å². The molecular weight excluding hydrogens is 300 g/mol. The monoisotopic (exact) mass is 324 g/mol. The van der Waals surface area contributed by atoms with E-state index in [4.69, 9.17) is 5.73 Å². The van der Waals surface area contributed by atoms with Gasteiger partial charge in [0.05, 0.1) is 0 Å². The molecule has 0 aliphatic carbocycles. The standard InChI is InChI=1S/C16H25BrN2/c1-2-16(14-5-7-15(17)8-6-14)19-11-3-4-13(12-19)9-10-18/h5-8,13,16H,2-4,9-12,18H2,1H3. The molecule has 3 heteroatoms. The van der Waals surface area contributed by atoms with Crippen molar-refractivity contribution < 1.29 is 0 Å². The Kier molecular flexibility index (Phi) is 5.86. The third-order valence-electron chi connectivity index (χ3n) is 4.21. The zero-order valence-corrected chi connectivity index (χ0v) is 13.4. The Morgan fingerprint density at radius 3 is 2.74 bits per heavy atom. The van der Waals surface area contributed by atoms with E-state index < -0.39 is 0 Å². The fourth-order valence-electron chi connectivity index (χ4n) is 3.24. The molecule has 1 fully saturated rings. The van der Waals surface area contributed by atoms with E-state index in [0.29, 0.717) is 6.04 Å². The molecule has 1 saturated heterocycles. The first-order chi connectivity index (χ1) is 9.24. The van der Waals surface area contributed by atoms with Gasteiger partial charge in [0.25, 0.3) is 0 Å². The highest BCUT2D eigenvalue weighted by Gasteiger charge is 2.25. The summed E-state index contributed by atoms with van der Waals surface area (Å²) < 4.78 is 1.16. The third-order valence-corrected chi connectivity index (χ3v) is 4.74. The van der Waals surface area contributed by atoms with Crippen LogP contribution < -0.4 is 5.73 Å². The van der Waals surface area contributed by atoms with Gasteiger partial charge in [-0.25, -0.2) is 0 Å². The summed E-state index contributed by atoms with van der Waals surface area (Å²) >= 11 is 3.52. The average molecular weight is 325 g/mol. The summed E-state index contributed by atoms with van der Waals surface area (Å²) in [7, 11) is 0. The summed E-state index contributed by atoms with van der Waals surface area (Å²) in [5.41, 5.74) is 7.16. The maximum atomic E-state index is 5.72. The molecule has 0 spiro atoms. The molecule has 1 aliphatic rings. The van der Waals surface area contributed by atoms with Crippen molar-refractivity contribution in [2.75, 3.05) is 19.6 Å². The smallest absolute Gasteiger partial charge is 0.0345 e. The molecule has 0 bridgehead atoms. The zero-order valence-electron chi connectivity index (χ0n) is 11.8. The number of nitrogens with two attached hydrogens (primary N) is 1. The van der Waals surface area contributed by atoms with E-state index in [1.54, 1.807) is 0 Å². The zero-order chi connectivity index (χ0) is 13.7. The minimum Gasteiger partial charge on any atom is -0.330 e. The number of halogens is 1. The first kappa shape index (κ1) is 15.0. The van der Waals surface area contributed by atoms with Gasteiger partial charge < -0.3 is 5.73 Å². The van der Waals surface area contributed by atoms with Crippen LogP contribution in [-0.4, -0.2) is 24.5 Å². The van der Waals surface area contributed by atoms with Crippen LogP contribution in [0.1, 0.15) is 44.2 Å². The number of hydrogen-bond donors (Lipinski definition) is 1. The Labute approximate surface area is 125 Å². The molecule has 2 atom stereocenters. The van der Waals surface area contributed by atoms with Crippen LogP contribution in [0.15, 0.2) is 28.7 Å². The lowest BCUT2D eigenvalue weighted by Gasteiger charge is -2.38. The molecule has 2 N–H and O–H groups in total. The Bertz CT molecular complexity index is 375. The van der Waals surface area contributed by atoms with E-state index in [1.807, 2.05) is 0 Å². The Balaban J connectivity index is 2.06. The van der Waals surface area contributed by atoms with E-state index in [0.717, 1.165) is 16.9 Å². The Morgan fingerprint density at radius 2 is 2.11 bits per heavy atom. The van der Waals surface area contributed by atoms with Crippen LogP contribution in [0.25, 0.3) is 0 Å². The van der Waals surface area contributed by atoms with Gasteiger partial charge in [0, 0.05) is 17.1 Å². The van der Waals surface area contributed by atoms with Crippen molar-refractivity contribution in [1.82, 2.24) is 4.90 Å². The van der Waals surface area contributed by atoms with Crippen LogP contribution >= 0.6 is 15.9 Å². The first-order valence-electron chi connectivity index (χ1n) is 7.44. The summed E-state index contributed by atoms with van der Waals surface area (Å²) in [5, 5.41) is 0. The van der Waals surface area contributed by atoms with Crippen molar-refractivity contribution in [1.29, 1.82) is 0 Å². The van der Waals surface area contributed by atoms with Gasteiger partial charge in [0.2, 0.25) is 0 Å². The minimum absolute atomic E-state index is 0.564. The third kappa shape index (κ3) is 4.04. The molecule has 0 saturated carbocycles. The molecule has 19 heavy (non-hydrogen) atoms. The van der Waals surface area contributed by atoms with E-state index in [9.17, 15) is 0 Å². The van der Waals surface area contributed by atoms with Crippen LogP contribution in [-0.2, 0) is 0 Å². The molecular formula is C16H25BrN2. The molecule has 2 unspecified atom stereocenters. The van der Waals surface area contributed by atoms with Gasteiger partial charge in [-0.3, -0.25) is 4.90 Å². The van der Waals surface area contributed by atoms with Crippen molar-refractivity contribution in [2.45, 2.75) is 38.6 Å². The Hall–Kier alpha value is -0.380. The molecule has 106 valence electrons. The van der Waals surface area contributed by atoms with Crippen molar-refractivity contribution in [2.24, 2.45) is 11.7 Å². The van der Waals surface area contributed by atoms with Crippen LogP contribution in [0.3, 0.4) is 0 Å². The van der Waals surface area contributed by atoms with Crippen molar-refractivity contribution in [3.05, 3.63) is 34.3 Å². The van der Waals surface area contributed by atoms with Gasteiger partial charge in [-0.15, -0.1) is 0 Å². The second kappa shape index (κ2) is 7.41. The lowest BCUT2D eigenvalue weighted by atomic mass is 9.92. The van der Waals surface area contributed by atoms with Gasteiger partial charge in [-0.2, -0.15) is 0 Å². The SMILES string of the molecule is CCC(c1ccc(Br)cc1)N1CCCC(CCN)C1. The highest BCUT2D eigenvalue weighted by atomic mass is 79.9. The fourth-order valence-corrected chi connectivity index (χ4v) is 3.51. The predicted octanol–water partition coefficient (Wildman–Crippen LogP) is 3.96.